The molecule has 0 saturated heterocycles. The molecule has 1 aromatic rings. The quantitative estimate of drug-likeness (QED) is 0.714. The average Bonchev–Trinajstić information content (AvgIpc) is 2.63. The van der Waals surface area contributed by atoms with Crippen LogP contribution in [0.2, 0.25) is 0 Å². The van der Waals surface area contributed by atoms with Gasteiger partial charge in [0.25, 0.3) is 0 Å². The van der Waals surface area contributed by atoms with Crippen molar-refractivity contribution in [2.24, 2.45) is 0 Å². The highest BCUT2D eigenvalue weighted by Gasteiger charge is 2.29. The standard InChI is InChI=1S/C17H16O/c1-18-12-17-15-9-5-3-2-4-8-13(15)14-10-6-7-11-16(14)17/h5-7,9-11,17H,3,8,12H2,1H3/b9-5-. The van der Waals surface area contributed by atoms with Crippen LogP contribution in [-0.2, 0) is 4.74 Å². The zero-order chi connectivity index (χ0) is 12.4. The third kappa shape index (κ3) is 1.79. The molecule has 3 rings (SSSR count). The van der Waals surface area contributed by atoms with Crippen LogP contribution >= 0.6 is 0 Å². The summed E-state index contributed by atoms with van der Waals surface area (Å²) < 4.78 is 5.40. The van der Waals surface area contributed by atoms with Crippen molar-refractivity contribution in [3.8, 4) is 11.8 Å². The minimum atomic E-state index is 0.373. The van der Waals surface area contributed by atoms with Gasteiger partial charge in [-0.25, -0.2) is 0 Å². The van der Waals surface area contributed by atoms with Crippen molar-refractivity contribution in [3.05, 3.63) is 53.1 Å². The molecule has 1 atom stereocenters. The van der Waals surface area contributed by atoms with Gasteiger partial charge in [-0.15, -0.1) is 0 Å². The lowest BCUT2D eigenvalue weighted by Gasteiger charge is -2.13. The fraction of sp³-hybridized carbons (Fsp3) is 0.294. The molecular formula is C17H16O. The van der Waals surface area contributed by atoms with Crippen LogP contribution in [0, 0.1) is 11.8 Å². The molecule has 1 aromatic carbocycles. The lowest BCUT2D eigenvalue weighted by atomic mass is 9.95. The maximum atomic E-state index is 5.40. The Hall–Kier alpha value is -1.78. The van der Waals surface area contributed by atoms with Crippen LogP contribution in [-0.4, -0.2) is 13.7 Å². The van der Waals surface area contributed by atoms with Crippen molar-refractivity contribution in [1.82, 2.24) is 0 Å². The van der Waals surface area contributed by atoms with Crippen LogP contribution in [0.3, 0.4) is 0 Å². The smallest absolute Gasteiger partial charge is 0.0572 e. The zero-order valence-corrected chi connectivity index (χ0v) is 10.6. The van der Waals surface area contributed by atoms with Crippen molar-refractivity contribution < 1.29 is 4.74 Å². The van der Waals surface area contributed by atoms with Crippen LogP contribution in [0.1, 0.15) is 29.9 Å². The summed E-state index contributed by atoms with van der Waals surface area (Å²) in [5, 5.41) is 0. The highest BCUT2D eigenvalue weighted by Crippen LogP contribution is 2.44. The molecule has 0 spiro atoms. The molecule has 0 saturated carbocycles. The molecule has 0 bridgehead atoms. The van der Waals surface area contributed by atoms with Gasteiger partial charge in [0.05, 0.1) is 6.61 Å². The van der Waals surface area contributed by atoms with Gasteiger partial charge in [-0.3, -0.25) is 0 Å². The number of benzene rings is 1. The summed E-state index contributed by atoms with van der Waals surface area (Å²) in [5.41, 5.74) is 5.52. The Kier molecular flexibility index (Phi) is 3.04. The van der Waals surface area contributed by atoms with Crippen LogP contribution in [0.15, 0.2) is 42.0 Å². The van der Waals surface area contributed by atoms with Crippen LogP contribution in [0.5, 0.6) is 0 Å². The fourth-order valence-electron chi connectivity index (χ4n) is 2.84. The Balaban J connectivity index is 2.13. The molecule has 2 aliphatic rings. The van der Waals surface area contributed by atoms with Gasteiger partial charge in [-0.2, -0.15) is 0 Å². The molecular weight excluding hydrogens is 220 g/mol. The molecule has 0 radical (unpaired) electrons. The first kappa shape index (κ1) is 11.3. The van der Waals surface area contributed by atoms with Crippen LogP contribution in [0.25, 0.3) is 5.57 Å². The second-order valence-electron chi connectivity index (χ2n) is 4.67. The number of methoxy groups -OCH3 is 1. The normalized spacial score (nSPS) is 22.4. The summed E-state index contributed by atoms with van der Waals surface area (Å²) in [6.07, 6.45) is 6.12. The Morgan fingerprint density at radius 3 is 3.06 bits per heavy atom. The van der Waals surface area contributed by atoms with E-state index in [9.17, 15) is 0 Å². The Morgan fingerprint density at radius 1 is 1.28 bits per heavy atom. The highest BCUT2D eigenvalue weighted by atomic mass is 16.5. The first-order valence-corrected chi connectivity index (χ1v) is 6.35. The second-order valence-corrected chi connectivity index (χ2v) is 4.67. The molecule has 18 heavy (non-hydrogen) atoms. The first-order valence-electron chi connectivity index (χ1n) is 6.35. The predicted octanol–water partition coefficient (Wildman–Crippen LogP) is 3.54. The zero-order valence-electron chi connectivity index (χ0n) is 10.6. The van der Waals surface area contributed by atoms with Gasteiger partial charge >= 0.3 is 0 Å². The summed E-state index contributed by atoms with van der Waals surface area (Å²) in [6.45, 7) is 0.744. The van der Waals surface area contributed by atoms with Gasteiger partial charge in [0.1, 0.15) is 0 Å². The molecule has 1 heteroatoms. The number of fused-ring (bicyclic) bond motifs is 2. The van der Waals surface area contributed by atoms with Crippen molar-refractivity contribution in [1.29, 1.82) is 0 Å². The van der Waals surface area contributed by atoms with Crippen molar-refractivity contribution >= 4 is 5.57 Å². The summed E-state index contributed by atoms with van der Waals surface area (Å²) in [5.74, 6) is 6.81. The number of hydrogen-bond donors (Lipinski definition) is 0. The van der Waals surface area contributed by atoms with Gasteiger partial charge in [-0.05, 0) is 22.3 Å². The van der Waals surface area contributed by atoms with E-state index >= 15 is 0 Å². The van der Waals surface area contributed by atoms with Gasteiger partial charge in [0.15, 0.2) is 0 Å². The van der Waals surface area contributed by atoms with Crippen LogP contribution in [0.4, 0.5) is 0 Å². The van der Waals surface area contributed by atoms with Crippen molar-refractivity contribution in [2.45, 2.75) is 18.8 Å². The van der Waals surface area contributed by atoms with Gasteiger partial charge in [-0.1, -0.05) is 48.3 Å². The molecule has 1 nitrogen and oxygen atoms in total. The maximum absolute atomic E-state index is 5.40. The Morgan fingerprint density at radius 2 is 2.17 bits per heavy atom. The Bertz CT molecular complexity index is 581. The van der Waals surface area contributed by atoms with E-state index in [0.717, 1.165) is 19.4 Å². The van der Waals surface area contributed by atoms with E-state index in [1.807, 2.05) is 0 Å². The summed E-state index contributed by atoms with van der Waals surface area (Å²) >= 11 is 0. The second kappa shape index (κ2) is 4.84. The summed E-state index contributed by atoms with van der Waals surface area (Å²) in [7, 11) is 1.77. The maximum Gasteiger partial charge on any atom is 0.0572 e. The topological polar surface area (TPSA) is 9.23 Å². The van der Waals surface area contributed by atoms with E-state index in [4.69, 9.17) is 4.74 Å². The average molecular weight is 236 g/mol. The molecule has 0 fully saturated rings. The molecule has 1 unspecified atom stereocenters. The van der Waals surface area contributed by atoms with Crippen molar-refractivity contribution in [3.63, 3.8) is 0 Å². The molecule has 0 heterocycles. The van der Waals surface area contributed by atoms with Gasteiger partial charge < -0.3 is 4.74 Å². The number of allylic oxidation sites excluding steroid dienone is 3. The van der Waals surface area contributed by atoms with Gasteiger partial charge in [0.2, 0.25) is 0 Å². The van der Waals surface area contributed by atoms with Gasteiger partial charge in [0, 0.05) is 25.9 Å². The molecule has 90 valence electrons. The van der Waals surface area contributed by atoms with E-state index in [-0.39, 0.29) is 0 Å². The largest absolute Gasteiger partial charge is 0.384 e. The number of hydrogen-bond acceptors (Lipinski definition) is 1. The van der Waals surface area contributed by atoms with E-state index in [2.05, 4.69) is 48.3 Å². The molecule has 0 N–H and O–H groups in total. The van der Waals surface area contributed by atoms with E-state index in [1.165, 1.54) is 22.3 Å². The highest BCUT2D eigenvalue weighted by molar-refractivity contribution is 5.82. The van der Waals surface area contributed by atoms with E-state index < -0.39 is 0 Å². The fourth-order valence-corrected chi connectivity index (χ4v) is 2.84. The van der Waals surface area contributed by atoms with E-state index in [1.54, 1.807) is 7.11 Å². The minimum Gasteiger partial charge on any atom is -0.384 e. The summed E-state index contributed by atoms with van der Waals surface area (Å²) in [6, 6.07) is 8.63. The van der Waals surface area contributed by atoms with Crippen LogP contribution < -0.4 is 0 Å². The third-order valence-corrected chi connectivity index (χ3v) is 3.63. The minimum absolute atomic E-state index is 0.373. The summed E-state index contributed by atoms with van der Waals surface area (Å²) in [4.78, 5) is 0. The predicted molar refractivity (Wildman–Crippen MR) is 74.1 cm³/mol. The lowest BCUT2D eigenvalue weighted by molar-refractivity contribution is 0.190. The van der Waals surface area contributed by atoms with E-state index in [0.29, 0.717) is 5.92 Å². The van der Waals surface area contributed by atoms with Crippen molar-refractivity contribution in [2.75, 3.05) is 13.7 Å². The Labute approximate surface area is 108 Å². The first-order chi connectivity index (χ1) is 8.92. The molecule has 2 aliphatic carbocycles. The third-order valence-electron chi connectivity index (χ3n) is 3.63. The molecule has 0 aliphatic heterocycles. The molecule has 0 amide bonds. The molecule has 0 aromatic heterocycles. The SMILES string of the molecule is COCC1C2=C(CC#CC/C=C\2)c2ccccc21. The number of rotatable bonds is 2. The number of ether oxygens (including phenoxy) is 1. The monoisotopic (exact) mass is 236 g/mol. The lowest BCUT2D eigenvalue weighted by Crippen LogP contribution is -2.05.